The van der Waals surface area contributed by atoms with E-state index in [9.17, 15) is 24.2 Å². The number of methoxy groups -OCH3 is 1. The van der Waals surface area contributed by atoms with Gasteiger partial charge in [-0.2, -0.15) is 4.98 Å². The fraction of sp³-hybridized carbons (Fsp3) is 0.375. The Hall–Kier alpha value is -3.46. The molecule has 0 saturated heterocycles. The van der Waals surface area contributed by atoms with Gasteiger partial charge >= 0.3 is 5.97 Å². The minimum Gasteiger partial charge on any atom is -0.479 e. The molecule has 174 valence electrons. The second kappa shape index (κ2) is 8.82. The summed E-state index contributed by atoms with van der Waals surface area (Å²) in [5.74, 6) is -1.46. The second-order valence-electron chi connectivity index (χ2n) is 8.55. The molecular weight excluding hydrogens is 429 g/mol. The second-order valence-corrected chi connectivity index (χ2v) is 8.55. The molecule has 0 saturated carbocycles. The first-order valence-electron chi connectivity index (χ1n) is 10.8. The molecule has 1 aromatic carbocycles. The van der Waals surface area contributed by atoms with E-state index in [2.05, 4.69) is 4.98 Å². The van der Waals surface area contributed by atoms with E-state index < -0.39 is 23.0 Å². The van der Waals surface area contributed by atoms with Crippen LogP contribution in [0, 0.1) is 11.7 Å². The third-order valence-electron chi connectivity index (χ3n) is 6.21. The van der Waals surface area contributed by atoms with Crippen LogP contribution in [0.15, 0.2) is 35.3 Å². The number of aliphatic hydroxyl groups excluding tert-OH is 1. The van der Waals surface area contributed by atoms with Gasteiger partial charge in [-0.1, -0.05) is 19.9 Å². The van der Waals surface area contributed by atoms with Crippen molar-refractivity contribution in [2.75, 3.05) is 25.2 Å². The highest BCUT2D eigenvalue weighted by Gasteiger charge is 2.26. The number of rotatable bonds is 6. The maximum atomic E-state index is 13.8. The highest BCUT2D eigenvalue weighted by Crippen LogP contribution is 2.34. The minimum atomic E-state index is -1.35. The van der Waals surface area contributed by atoms with Gasteiger partial charge in [-0.3, -0.25) is 4.79 Å². The molecule has 0 amide bonds. The SMILES string of the molecule is COc1nc2c(cc1N1CCc3ccc(F)cc3C1)c(=O)c(C(=O)O)cn2C(CO)C(C)C. The summed E-state index contributed by atoms with van der Waals surface area (Å²) in [7, 11) is 1.47. The largest absolute Gasteiger partial charge is 0.479 e. The normalized spacial score (nSPS) is 14.4. The predicted octanol–water partition coefficient (Wildman–Crippen LogP) is 2.99. The van der Waals surface area contributed by atoms with E-state index in [0.29, 0.717) is 25.2 Å². The molecule has 33 heavy (non-hydrogen) atoms. The summed E-state index contributed by atoms with van der Waals surface area (Å²) in [6.07, 6.45) is 1.91. The number of anilines is 1. The standard InChI is InChI=1S/C24H26FN3O5/c1-13(2)20(12-29)28-11-18(24(31)32)21(30)17-9-19(23(33-3)26-22(17)28)27-7-6-14-4-5-16(25)8-15(14)10-27/h4-5,8-9,11,13,20,29H,6-7,10,12H2,1-3H3,(H,31,32). The van der Waals surface area contributed by atoms with Crippen LogP contribution in [-0.2, 0) is 13.0 Å². The van der Waals surface area contributed by atoms with Gasteiger partial charge in [0.15, 0.2) is 0 Å². The number of hydrogen-bond donors (Lipinski definition) is 2. The number of aromatic nitrogens is 2. The number of fused-ring (bicyclic) bond motifs is 2. The lowest BCUT2D eigenvalue weighted by molar-refractivity contribution is 0.0694. The highest BCUT2D eigenvalue weighted by molar-refractivity contribution is 5.93. The van der Waals surface area contributed by atoms with Gasteiger partial charge in [0.2, 0.25) is 11.3 Å². The van der Waals surface area contributed by atoms with Crippen molar-refractivity contribution >= 4 is 22.7 Å². The summed E-state index contributed by atoms with van der Waals surface area (Å²) >= 11 is 0. The molecule has 3 aromatic rings. The van der Waals surface area contributed by atoms with Crippen molar-refractivity contribution in [3.63, 3.8) is 0 Å². The lowest BCUT2D eigenvalue weighted by atomic mass is 9.99. The molecule has 0 fully saturated rings. The Labute approximate surface area is 189 Å². The molecule has 0 radical (unpaired) electrons. The Balaban J connectivity index is 1.93. The van der Waals surface area contributed by atoms with E-state index in [4.69, 9.17) is 4.74 Å². The minimum absolute atomic E-state index is 0.0525. The van der Waals surface area contributed by atoms with Gasteiger partial charge in [0.1, 0.15) is 22.7 Å². The summed E-state index contributed by atoms with van der Waals surface area (Å²) in [5.41, 5.74) is 1.59. The zero-order valence-corrected chi connectivity index (χ0v) is 18.7. The number of pyridine rings is 2. The number of aliphatic hydroxyl groups is 1. The van der Waals surface area contributed by atoms with E-state index in [0.717, 1.165) is 11.1 Å². The molecule has 1 aliphatic heterocycles. The Morgan fingerprint density at radius 1 is 1.27 bits per heavy atom. The van der Waals surface area contributed by atoms with Crippen LogP contribution >= 0.6 is 0 Å². The number of nitrogens with zero attached hydrogens (tertiary/aromatic N) is 3. The zero-order chi connectivity index (χ0) is 23.9. The summed E-state index contributed by atoms with van der Waals surface area (Å²) < 4.78 is 20.9. The van der Waals surface area contributed by atoms with Crippen LogP contribution in [0.2, 0.25) is 0 Å². The molecule has 2 aromatic heterocycles. The Morgan fingerprint density at radius 3 is 2.67 bits per heavy atom. The van der Waals surface area contributed by atoms with E-state index >= 15 is 0 Å². The summed E-state index contributed by atoms with van der Waals surface area (Å²) in [6, 6.07) is 5.81. The van der Waals surface area contributed by atoms with Crippen molar-refractivity contribution < 1.29 is 24.1 Å². The molecule has 1 unspecified atom stereocenters. The van der Waals surface area contributed by atoms with Crippen LogP contribution in [0.5, 0.6) is 5.88 Å². The molecule has 3 heterocycles. The van der Waals surface area contributed by atoms with Gasteiger partial charge in [-0.25, -0.2) is 9.18 Å². The number of aromatic carboxylic acids is 1. The number of benzene rings is 1. The van der Waals surface area contributed by atoms with Crippen molar-refractivity contribution in [2.24, 2.45) is 5.92 Å². The molecular formula is C24H26FN3O5. The number of carboxylic acids is 1. The van der Waals surface area contributed by atoms with Crippen molar-refractivity contribution in [2.45, 2.75) is 32.9 Å². The summed E-state index contributed by atoms with van der Waals surface area (Å²) in [6.45, 7) is 4.52. The van der Waals surface area contributed by atoms with Crippen molar-refractivity contribution in [1.82, 2.24) is 9.55 Å². The van der Waals surface area contributed by atoms with Gasteiger partial charge < -0.3 is 24.4 Å². The average molecular weight is 455 g/mol. The van der Waals surface area contributed by atoms with E-state index in [1.807, 2.05) is 18.7 Å². The predicted molar refractivity (Wildman–Crippen MR) is 122 cm³/mol. The maximum Gasteiger partial charge on any atom is 0.341 e. The van der Waals surface area contributed by atoms with Crippen LogP contribution in [-0.4, -0.2) is 46.0 Å². The fourth-order valence-corrected chi connectivity index (χ4v) is 4.38. The number of hydrogen-bond acceptors (Lipinski definition) is 6. The van der Waals surface area contributed by atoms with Crippen LogP contribution in [0.1, 0.15) is 41.4 Å². The van der Waals surface area contributed by atoms with Crippen LogP contribution in [0.3, 0.4) is 0 Å². The van der Waals surface area contributed by atoms with Crippen molar-refractivity contribution in [3.05, 3.63) is 63.2 Å². The average Bonchev–Trinajstić information content (AvgIpc) is 2.79. The lowest BCUT2D eigenvalue weighted by Crippen LogP contribution is -2.31. The number of carboxylic acid groups (broad SMARTS) is 1. The number of carbonyl (C=O) groups is 1. The first-order valence-corrected chi connectivity index (χ1v) is 10.8. The molecule has 8 nitrogen and oxygen atoms in total. The molecule has 9 heteroatoms. The molecule has 0 spiro atoms. The number of ether oxygens (including phenoxy) is 1. The monoisotopic (exact) mass is 455 g/mol. The number of halogens is 1. The molecule has 0 bridgehead atoms. The van der Waals surface area contributed by atoms with Gasteiger partial charge in [0, 0.05) is 19.3 Å². The summed E-state index contributed by atoms with van der Waals surface area (Å²) in [5, 5.41) is 19.7. The van der Waals surface area contributed by atoms with Crippen LogP contribution in [0.25, 0.3) is 11.0 Å². The first kappa shape index (κ1) is 22.7. The van der Waals surface area contributed by atoms with E-state index in [1.165, 1.54) is 30.0 Å². The van der Waals surface area contributed by atoms with Gasteiger partial charge in [0.25, 0.3) is 0 Å². The molecule has 1 aliphatic rings. The van der Waals surface area contributed by atoms with Crippen LogP contribution < -0.4 is 15.1 Å². The maximum absolute atomic E-state index is 13.8. The highest BCUT2D eigenvalue weighted by atomic mass is 19.1. The van der Waals surface area contributed by atoms with E-state index in [-0.39, 0.29) is 35.3 Å². The zero-order valence-electron chi connectivity index (χ0n) is 18.7. The molecule has 0 aliphatic carbocycles. The molecule has 1 atom stereocenters. The van der Waals surface area contributed by atoms with Gasteiger partial charge in [-0.15, -0.1) is 0 Å². The van der Waals surface area contributed by atoms with Gasteiger partial charge in [0.05, 0.1) is 25.1 Å². The van der Waals surface area contributed by atoms with Gasteiger partial charge in [-0.05, 0) is 41.7 Å². The smallest absolute Gasteiger partial charge is 0.341 e. The Morgan fingerprint density at radius 2 is 2.03 bits per heavy atom. The molecule has 4 rings (SSSR count). The van der Waals surface area contributed by atoms with Crippen LogP contribution in [0.4, 0.5) is 10.1 Å². The van der Waals surface area contributed by atoms with Crippen molar-refractivity contribution in [1.29, 1.82) is 0 Å². The van der Waals surface area contributed by atoms with Crippen molar-refractivity contribution in [3.8, 4) is 5.88 Å². The third-order valence-corrected chi connectivity index (χ3v) is 6.21. The Kier molecular flexibility index (Phi) is 6.07. The quantitative estimate of drug-likeness (QED) is 0.589. The topological polar surface area (TPSA) is 105 Å². The Bertz CT molecular complexity index is 1290. The lowest BCUT2D eigenvalue weighted by Gasteiger charge is -2.32. The molecule has 2 N–H and O–H groups in total. The third kappa shape index (κ3) is 4.04. The first-order chi connectivity index (χ1) is 15.7. The van der Waals surface area contributed by atoms with E-state index in [1.54, 1.807) is 12.1 Å². The summed E-state index contributed by atoms with van der Waals surface area (Å²) in [4.78, 5) is 31.4. The fourth-order valence-electron chi connectivity index (χ4n) is 4.38.